The number of hydrogen-bond donors (Lipinski definition) is 0. The van der Waals surface area contributed by atoms with Gasteiger partial charge in [0.25, 0.3) is 0 Å². The summed E-state index contributed by atoms with van der Waals surface area (Å²) >= 11 is 0. The van der Waals surface area contributed by atoms with Crippen LogP contribution in [-0.4, -0.2) is 70.8 Å². The van der Waals surface area contributed by atoms with E-state index < -0.39 is 0 Å². The number of aromatic nitrogens is 4. The summed E-state index contributed by atoms with van der Waals surface area (Å²) in [5.74, 6) is 2.26. The third-order valence-electron chi connectivity index (χ3n) is 5.23. The zero-order valence-corrected chi connectivity index (χ0v) is 17.8. The number of methoxy groups -OCH3 is 1. The van der Waals surface area contributed by atoms with Gasteiger partial charge >= 0.3 is 0 Å². The van der Waals surface area contributed by atoms with Crippen LogP contribution in [0.25, 0.3) is 17.1 Å². The minimum absolute atomic E-state index is 0.304. The normalized spacial score (nSPS) is 14.9. The van der Waals surface area contributed by atoms with E-state index in [1.54, 1.807) is 13.3 Å². The highest BCUT2D eigenvalue weighted by Crippen LogP contribution is 2.33. The van der Waals surface area contributed by atoms with Gasteiger partial charge in [-0.2, -0.15) is 5.10 Å². The van der Waals surface area contributed by atoms with E-state index in [2.05, 4.69) is 28.8 Å². The number of rotatable bonds is 8. The van der Waals surface area contributed by atoms with E-state index >= 15 is 0 Å². The van der Waals surface area contributed by atoms with Crippen molar-refractivity contribution >= 4 is 0 Å². The van der Waals surface area contributed by atoms with Crippen LogP contribution < -0.4 is 9.47 Å². The molecule has 0 bridgehead atoms. The molecule has 0 N–H and O–H groups in total. The lowest BCUT2D eigenvalue weighted by molar-refractivity contribution is 0.0321. The zero-order chi connectivity index (χ0) is 20.9. The first-order valence-corrected chi connectivity index (χ1v) is 10.3. The average molecular weight is 412 g/mol. The monoisotopic (exact) mass is 411 g/mol. The van der Waals surface area contributed by atoms with Crippen molar-refractivity contribution in [2.45, 2.75) is 19.9 Å². The molecule has 0 saturated carbocycles. The summed E-state index contributed by atoms with van der Waals surface area (Å²) in [4.78, 5) is 6.92. The second-order valence-corrected chi connectivity index (χ2v) is 7.56. The third kappa shape index (κ3) is 4.49. The number of nitrogens with zero attached hydrogens (tertiary/aromatic N) is 5. The van der Waals surface area contributed by atoms with E-state index in [0.717, 1.165) is 55.7 Å². The smallest absolute Gasteiger partial charge is 0.161 e. The molecule has 8 nitrogen and oxygen atoms in total. The van der Waals surface area contributed by atoms with Crippen LogP contribution in [0, 0.1) is 0 Å². The maximum atomic E-state index is 6.09. The van der Waals surface area contributed by atoms with Crippen LogP contribution in [0.15, 0.2) is 43.0 Å². The van der Waals surface area contributed by atoms with Crippen LogP contribution in [0.3, 0.4) is 0 Å². The van der Waals surface area contributed by atoms with Crippen molar-refractivity contribution < 1.29 is 14.2 Å². The number of imidazole rings is 1. The number of benzene rings is 1. The molecular weight excluding hydrogens is 382 g/mol. The molecule has 160 valence electrons. The summed E-state index contributed by atoms with van der Waals surface area (Å²) in [6.07, 6.45) is 7.62. The predicted octanol–water partition coefficient (Wildman–Crippen LogP) is 3.04. The molecule has 0 aliphatic carbocycles. The first kappa shape index (κ1) is 20.4. The summed E-state index contributed by atoms with van der Waals surface area (Å²) in [5, 5.41) is 4.45. The van der Waals surface area contributed by atoms with Crippen LogP contribution in [0.1, 0.15) is 19.9 Å². The Bertz CT molecular complexity index is 959. The largest absolute Gasteiger partial charge is 0.493 e. The highest BCUT2D eigenvalue weighted by Gasteiger charge is 2.15. The fourth-order valence-corrected chi connectivity index (χ4v) is 3.50. The van der Waals surface area contributed by atoms with Crippen LogP contribution in [0.4, 0.5) is 0 Å². The molecule has 1 aliphatic heterocycles. The lowest BCUT2D eigenvalue weighted by atomic mass is 10.2. The fraction of sp³-hybridized carbons (Fsp3) is 0.455. The van der Waals surface area contributed by atoms with E-state index in [1.807, 2.05) is 46.0 Å². The van der Waals surface area contributed by atoms with Crippen molar-refractivity contribution in [1.29, 1.82) is 0 Å². The molecule has 0 radical (unpaired) electrons. The Kier molecular flexibility index (Phi) is 6.35. The molecule has 30 heavy (non-hydrogen) atoms. The first-order chi connectivity index (χ1) is 14.7. The minimum atomic E-state index is 0.304. The van der Waals surface area contributed by atoms with Gasteiger partial charge in [0.15, 0.2) is 11.5 Å². The molecule has 4 rings (SSSR count). The number of hydrogen-bond acceptors (Lipinski definition) is 6. The summed E-state index contributed by atoms with van der Waals surface area (Å²) in [5.41, 5.74) is 1.93. The van der Waals surface area contributed by atoms with Gasteiger partial charge in [-0.3, -0.25) is 14.1 Å². The Labute approximate surface area is 177 Å². The van der Waals surface area contributed by atoms with Gasteiger partial charge in [-0.25, -0.2) is 4.98 Å². The van der Waals surface area contributed by atoms with E-state index in [1.165, 1.54) is 0 Å². The Morgan fingerprint density at radius 2 is 2.00 bits per heavy atom. The molecule has 3 heterocycles. The lowest BCUT2D eigenvalue weighted by Gasteiger charge is -2.26. The van der Waals surface area contributed by atoms with Crippen molar-refractivity contribution in [2.75, 3.05) is 46.6 Å². The molecule has 1 aliphatic rings. The molecule has 8 heteroatoms. The maximum Gasteiger partial charge on any atom is 0.161 e. The van der Waals surface area contributed by atoms with Gasteiger partial charge in [-0.05, 0) is 32.0 Å². The zero-order valence-electron chi connectivity index (χ0n) is 17.8. The summed E-state index contributed by atoms with van der Waals surface area (Å²) < 4.78 is 21.0. The van der Waals surface area contributed by atoms with E-state index in [4.69, 9.17) is 14.2 Å². The van der Waals surface area contributed by atoms with Gasteiger partial charge < -0.3 is 14.2 Å². The quantitative estimate of drug-likeness (QED) is 0.568. The van der Waals surface area contributed by atoms with Gasteiger partial charge in [0.1, 0.15) is 12.4 Å². The van der Waals surface area contributed by atoms with Gasteiger partial charge in [0.05, 0.1) is 32.2 Å². The second kappa shape index (κ2) is 9.32. The summed E-state index contributed by atoms with van der Waals surface area (Å²) in [6, 6.07) is 6.22. The topological polar surface area (TPSA) is 66.6 Å². The van der Waals surface area contributed by atoms with Gasteiger partial charge in [-0.1, -0.05) is 0 Å². The molecule has 0 spiro atoms. The van der Waals surface area contributed by atoms with Crippen molar-refractivity contribution in [1.82, 2.24) is 24.2 Å². The van der Waals surface area contributed by atoms with Crippen molar-refractivity contribution in [3.05, 3.63) is 43.0 Å². The molecule has 0 atom stereocenters. The standard InChI is InChI=1S/C22H29N5O3/c1-17(2)27-16-19(15-24-27)26-7-6-23-22(26)18-4-5-20(28-3)21(14-18)30-13-10-25-8-11-29-12-9-25/h4-7,14-17H,8-13H2,1-3H3. The van der Waals surface area contributed by atoms with Gasteiger partial charge in [0.2, 0.25) is 0 Å². The van der Waals surface area contributed by atoms with Crippen LogP contribution >= 0.6 is 0 Å². The average Bonchev–Trinajstić information content (AvgIpc) is 3.44. The Morgan fingerprint density at radius 3 is 2.73 bits per heavy atom. The van der Waals surface area contributed by atoms with Crippen LogP contribution in [0.2, 0.25) is 0 Å². The van der Waals surface area contributed by atoms with Crippen LogP contribution in [0.5, 0.6) is 11.5 Å². The van der Waals surface area contributed by atoms with Crippen LogP contribution in [-0.2, 0) is 4.74 Å². The molecule has 0 unspecified atom stereocenters. The lowest BCUT2D eigenvalue weighted by Crippen LogP contribution is -2.38. The Balaban J connectivity index is 1.53. The van der Waals surface area contributed by atoms with E-state index in [9.17, 15) is 0 Å². The predicted molar refractivity (Wildman–Crippen MR) is 114 cm³/mol. The van der Waals surface area contributed by atoms with E-state index in [-0.39, 0.29) is 0 Å². The second-order valence-electron chi connectivity index (χ2n) is 7.56. The number of morpholine rings is 1. The molecule has 3 aromatic rings. The Morgan fingerprint density at radius 1 is 1.17 bits per heavy atom. The minimum Gasteiger partial charge on any atom is -0.493 e. The molecule has 2 aromatic heterocycles. The highest BCUT2D eigenvalue weighted by atomic mass is 16.5. The van der Waals surface area contributed by atoms with Gasteiger partial charge in [0, 0.05) is 49.8 Å². The summed E-state index contributed by atoms with van der Waals surface area (Å²) in [6.45, 7) is 9.13. The molecule has 1 fully saturated rings. The van der Waals surface area contributed by atoms with Crippen molar-refractivity contribution in [2.24, 2.45) is 0 Å². The first-order valence-electron chi connectivity index (χ1n) is 10.3. The summed E-state index contributed by atoms with van der Waals surface area (Å²) in [7, 11) is 1.66. The highest BCUT2D eigenvalue weighted by molar-refractivity contribution is 5.63. The molecular formula is C22H29N5O3. The fourth-order valence-electron chi connectivity index (χ4n) is 3.50. The maximum absolute atomic E-state index is 6.09. The molecule has 1 aromatic carbocycles. The van der Waals surface area contributed by atoms with E-state index in [0.29, 0.717) is 18.4 Å². The van der Waals surface area contributed by atoms with Crippen molar-refractivity contribution in [3.63, 3.8) is 0 Å². The molecule has 0 amide bonds. The van der Waals surface area contributed by atoms with Gasteiger partial charge in [-0.15, -0.1) is 0 Å². The van der Waals surface area contributed by atoms with Crippen molar-refractivity contribution in [3.8, 4) is 28.6 Å². The SMILES string of the molecule is COc1ccc(-c2nccn2-c2cnn(C(C)C)c2)cc1OCCN1CCOCC1. The third-order valence-corrected chi connectivity index (χ3v) is 5.23. The number of ether oxygens (including phenoxy) is 3. The Hall–Kier alpha value is -2.84. The molecule has 1 saturated heterocycles.